The van der Waals surface area contributed by atoms with E-state index in [1.807, 2.05) is 19.1 Å². The first kappa shape index (κ1) is 25.1. The highest BCUT2D eigenvalue weighted by atomic mass is 19.1. The number of hydrogen-bond acceptors (Lipinski definition) is 8. The Bertz CT molecular complexity index is 1340. The van der Waals surface area contributed by atoms with Gasteiger partial charge in [0.15, 0.2) is 11.5 Å². The summed E-state index contributed by atoms with van der Waals surface area (Å²) in [5, 5.41) is 6.28. The first-order valence-electron chi connectivity index (χ1n) is 11.8. The van der Waals surface area contributed by atoms with Crippen molar-refractivity contribution in [3.8, 4) is 17.0 Å². The number of anilines is 2. The van der Waals surface area contributed by atoms with Gasteiger partial charge in [0, 0.05) is 61.5 Å². The number of nitrogens with zero attached hydrogens (tertiary/aromatic N) is 4. The molecule has 0 unspecified atom stereocenters. The van der Waals surface area contributed by atoms with Gasteiger partial charge in [0.1, 0.15) is 5.82 Å². The van der Waals surface area contributed by atoms with Crippen molar-refractivity contribution >= 4 is 22.7 Å². The number of ether oxygens (including phenoxy) is 2. The molecule has 0 bridgehead atoms. The average molecular weight is 493 g/mol. The Labute approximate surface area is 208 Å². The molecule has 0 radical (unpaired) electrons. The van der Waals surface area contributed by atoms with Crippen LogP contribution in [0.4, 0.5) is 15.9 Å². The predicted molar refractivity (Wildman–Crippen MR) is 138 cm³/mol. The second-order valence-electron chi connectivity index (χ2n) is 8.05. The summed E-state index contributed by atoms with van der Waals surface area (Å²) in [6, 6.07) is 11.7. The molecule has 36 heavy (non-hydrogen) atoms. The Balaban J connectivity index is 1.57. The van der Waals surface area contributed by atoms with Crippen molar-refractivity contribution in [2.24, 2.45) is 0 Å². The minimum absolute atomic E-state index is 0.213. The molecule has 0 aliphatic rings. The largest absolute Gasteiger partial charge is 0.481 e. The highest BCUT2D eigenvalue weighted by molar-refractivity contribution is 5.78. The van der Waals surface area contributed by atoms with Crippen LogP contribution >= 0.6 is 0 Å². The minimum atomic E-state index is -0.290. The predicted octanol–water partition coefficient (Wildman–Crippen LogP) is 3.95. The summed E-state index contributed by atoms with van der Waals surface area (Å²) in [5.41, 5.74) is 3.26. The Hall–Kier alpha value is -4.05. The molecule has 0 fully saturated rings. The molecule has 3 heterocycles. The van der Waals surface area contributed by atoms with E-state index in [9.17, 15) is 9.18 Å². The van der Waals surface area contributed by atoms with Gasteiger partial charge < -0.3 is 20.1 Å². The molecule has 0 saturated heterocycles. The van der Waals surface area contributed by atoms with E-state index in [0.29, 0.717) is 49.9 Å². The van der Waals surface area contributed by atoms with Crippen LogP contribution in [-0.4, -0.2) is 52.9 Å². The van der Waals surface area contributed by atoms with Crippen molar-refractivity contribution in [3.63, 3.8) is 0 Å². The van der Waals surface area contributed by atoms with Gasteiger partial charge in [0.05, 0.1) is 19.2 Å². The van der Waals surface area contributed by atoms with Crippen LogP contribution in [0.15, 0.2) is 59.7 Å². The van der Waals surface area contributed by atoms with E-state index in [0.717, 1.165) is 23.2 Å². The summed E-state index contributed by atoms with van der Waals surface area (Å²) in [6.45, 7) is 4.38. The molecular formula is C26H29FN6O3. The summed E-state index contributed by atoms with van der Waals surface area (Å²) < 4.78 is 25.5. The number of rotatable bonds is 12. The second-order valence-corrected chi connectivity index (χ2v) is 8.05. The summed E-state index contributed by atoms with van der Waals surface area (Å²) in [6.07, 6.45) is 4.31. The number of benzene rings is 1. The minimum Gasteiger partial charge on any atom is -0.481 e. The van der Waals surface area contributed by atoms with Crippen molar-refractivity contribution in [1.29, 1.82) is 0 Å². The number of pyridine rings is 2. The van der Waals surface area contributed by atoms with Gasteiger partial charge in [-0.05, 0) is 42.8 Å². The molecule has 188 valence electrons. The number of halogens is 1. The monoisotopic (exact) mass is 492 g/mol. The van der Waals surface area contributed by atoms with E-state index < -0.39 is 0 Å². The van der Waals surface area contributed by atoms with Crippen LogP contribution in [-0.2, 0) is 11.3 Å². The molecule has 0 spiro atoms. The van der Waals surface area contributed by atoms with Crippen LogP contribution in [0.25, 0.3) is 22.3 Å². The Morgan fingerprint density at radius 3 is 2.47 bits per heavy atom. The third-order valence-electron chi connectivity index (χ3n) is 5.48. The third-order valence-corrected chi connectivity index (χ3v) is 5.48. The fourth-order valence-electron chi connectivity index (χ4n) is 3.65. The average Bonchev–Trinajstić information content (AvgIpc) is 2.91. The molecule has 3 aromatic heterocycles. The zero-order chi connectivity index (χ0) is 25.3. The van der Waals surface area contributed by atoms with Crippen molar-refractivity contribution in [2.45, 2.75) is 19.9 Å². The molecule has 4 aromatic rings. The van der Waals surface area contributed by atoms with E-state index in [4.69, 9.17) is 9.47 Å². The van der Waals surface area contributed by atoms with Crippen LogP contribution in [0.5, 0.6) is 5.88 Å². The van der Waals surface area contributed by atoms with Crippen LogP contribution in [0.1, 0.15) is 13.3 Å². The van der Waals surface area contributed by atoms with Gasteiger partial charge in [0.2, 0.25) is 5.88 Å². The first-order valence-corrected chi connectivity index (χ1v) is 11.8. The van der Waals surface area contributed by atoms with E-state index in [1.54, 1.807) is 42.3 Å². The van der Waals surface area contributed by atoms with Crippen molar-refractivity contribution in [1.82, 2.24) is 19.5 Å². The smallest absolute Gasteiger partial charge is 0.293 e. The molecule has 4 rings (SSSR count). The summed E-state index contributed by atoms with van der Waals surface area (Å²) in [5.74, 6) is 0.440. The molecule has 0 atom stereocenters. The number of nitrogens with one attached hydrogen (secondary N) is 2. The van der Waals surface area contributed by atoms with Crippen molar-refractivity contribution in [3.05, 3.63) is 71.0 Å². The Morgan fingerprint density at radius 2 is 1.75 bits per heavy atom. The highest BCUT2D eigenvalue weighted by Gasteiger charge is 2.13. The normalized spacial score (nSPS) is 11.0. The Kier molecular flexibility index (Phi) is 8.40. The van der Waals surface area contributed by atoms with Gasteiger partial charge in [-0.1, -0.05) is 6.92 Å². The van der Waals surface area contributed by atoms with Crippen molar-refractivity contribution < 1.29 is 13.9 Å². The molecule has 2 N–H and O–H groups in total. The summed E-state index contributed by atoms with van der Waals surface area (Å²) in [4.78, 5) is 26.6. The molecule has 0 aliphatic carbocycles. The van der Waals surface area contributed by atoms with Crippen molar-refractivity contribution in [2.75, 3.05) is 44.0 Å². The SMILES string of the molecule is CCCOCCn1c(=O)c(NCCNc2ccc(F)cc2)nc2ncc(-c3ccc(OC)nc3)cc21. The van der Waals surface area contributed by atoms with E-state index >= 15 is 0 Å². The highest BCUT2D eigenvalue weighted by Crippen LogP contribution is 2.23. The molecular weight excluding hydrogens is 463 g/mol. The Morgan fingerprint density at radius 1 is 0.972 bits per heavy atom. The molecule has 9 nitrogen and oxygen atoms in total. The molecule has 0 amide bonds. The standard InChI is InChI=1S/C26H29FN6O3/c1-3-13-36-14-12-33-22-15-19(18-4-9-23(35-2)30-16-18)17-31-24(22)32-25(26(33)34)29-11-10-28-21-7-5-20(27)6-8-21/h4-9,15-17,28H,3,10-14H2,1-2H3,(H,29,31,32). The fourth-order valence-corrected chi connectivity index (χ4v) is 3.65. The quantitative estimate of drug-likeness (QED) is 0.287. The zero-order valence-electron chi connectivity index (χ0n) is 20.3. The summed E-state index contributed by atoms with van der Waals surface area (Å²) >= 11 is 0. The van der Waals surface area contributed by atoms with Gasteiger partial charge in [0.25, 0.3) is 5.56 Å². The van der Waals surface area contributed by atoms with Gasteiger partial charge in [-0.3, -0.25) is 9.36 Å². The van der Waals surface area contributed by atoms with Crippen LogP contribution < -0.4 is 20.9 Å². The molecule has 10 heteroatoms. The third kappa shape index (κ3) is 6.14. The maximum atomic E-state index is 13.3. The lowest BCUT2D eigenvalue weighted by atomic mass is 10.1. The summed E-state index contributed by atoms with van der Waals surface area (Å²) in [7, 11) is 1.56. The molecule has 1 aromatic carbocycles. The number of aromatic nitrogens is 4. The first-order chi connectivity index (χ1) is 17.6. The van der Waals surface area contributed by atoms with Gasteiger partial charge in [-0.15, -0.1) is 0 Å². The van der Waals surface area contributed by atoms with Crippen LogP contribution in [0.2, 0.25) is 0 Å². The zero-order valence-corrected chi connectivity index (χ0v) is 20.3. The maximum absolute atomic E-state index is 13.3. The van der Waals surface area contributed by atoms with Crippen LogP contribution in [0, 0.1) is 5.82 Å². The lowest BCUT2D eigenvalue weighted by Crippen LogP contribution is -2.29. The molecule has 0 saturated carbocycles. The van der Waals surface area contributed by atoms with E-state index in [-0.39, 0.29) is 17.2 Å². The number of methoxy groups -OCH3 is 1. The number of hydrogen-bond donors (Lipinski definition) is 2. The topological polar surface area (TPSA) is 103 Å². The lowest BCUT2D eigenvalue weighted by Gasteiger charge is -2.14. The van der Waals surface area contributed by atoms with Gasteiger partial charge in [-0.2, -0.15) is 0 Å². The fraction of sp³-hybridized carbons (Fsp3) is 0.308. The lowest BCUT2D eigenvalue weighted by molar-refractivity contribution is 0.127. The molecule has 0 aliphatic heterocycles. The second kappa shape index (κ2) is 12.1. The van der Waals surface area contributed by atoms with Gasteiger partial charge in [-0.25, -0.2) is 19.3 Å². The number of fused-ring (bicyclic) bond motifs is 1. The maximum Gasteiger partial charge on any atom is 0.293 e. The van der Waals surface area contributed by atoms with E-state index in [2.05, 4.69) is 25.6 Å². The van der Waals surface area contributed by atoms with Gasteiger partial charge >= 0.3 is 0 Å². The van der Waals surface area contributed by atoms with E-state index in [1.165, 1.54) is 12.1 Å². The van der Waals surface area contributed by atoms with Crippen LogP contribution in [0.3, 0.4) is 0 Å².